The third-order valence-electron chi connectivity index (χ3n) is 2.89. The molecule has 2 rings (SSSR count). The van der Waals surface area contributed by atoms with Crippen LogP contribution in [0.5, 0.6) is 0 Å². The molecule has 15 heavy (non-hydrogen) atoms. The first kappa shape index (κ1) is 10.4. The van der Waals surface area contributed by atoms with Crippen molar-refractivity contribution < 1.29 is 4.79 Å². The van der Waals surface area contributed by atoms with E-state index in [1.807, 2.05) is 0 Å². The van der Waals surface area contributed by atoms with E-state index in [1.54, 1.807) is 0 Å². The lowest BCUT2D eigenvalue weighted by atomic mass is 9.86. The highest BCUT2D eigenvalue weighted by atomic mass is 32.1. The second kappa shape index (κ2) is 4.18. The largest absolute Gasteiger partial charge is 0.375 e. The van der Waals surface area contributed by atoms with Crippen LogP contribution in [0.3, 0.4) is 0 Å². The summed E-state index contributed by atoms with van der Waals surface area (Å²) >= 11 is 1.21. The number of hydrogen-bond donors (Lipinski definition) is 2. The van der Waals surface area contributed by atoms with Crippen LogP contribution in [-0.4, -0.2) is 10.9 Å². The Hall–Kier alpha value is -1.10. The molecular formula is C10H15N3OS. The fraction of sp³-hybridized carbons (Fsp3) is 0.600. The van der Waals surface area contributed by atoms with Crippen molar-refractivity contribution in [3.8, 4) is 0 Å². The van der Waals surface area contributed by atoms with Crippen molar-refractivity contribution in [2.24, 2.45) is 5.73 Å². The molecule has 0 atom stereocenters. The second-order valence-corrected chi connectivity index (χ2v) is 5.00. The van der Waals surface area contributed by atoms with Crippen LogP contribution in [0.25, 0.3) is 0 Å². The number of rotatable bonds is 2. The number of nitrogens with zero attached hydrogens (tertiary/aromatic N) is 1. The molecule has 4 nitrogen and oxygen atoms in total. The highest BCUT2D eigenvalue weighted by Gasteiger charge is 2.24. The smallest absolute Gasteiger partial charge is 0.260 e. The lowest BCUT2D eigenvalue weighted by Gasteiger charge is -2.20. The number of nitrogens with two attached hydrogens (primary N) is 2. The zero-order chi connectivity index (χ0) is 10.8. The van der Waals surface area contributed by atoms with Gasteiger partial charge in [0.05, 0.1) is 5.69 Å². The van der Waals surface area contributed by atoms with Crippen LogP contribution in [-0.2, 0) is 0 Å². The Morgan fingerprint density at radius 3 is 2.60 bits per heavy atom. The van der Waals surface area contributed by atoms with Gasteiger partial charge in [0.25, 0.3) is 5.91 Å². The van der Waals surface area contributed by atoms with Crippen LogP contribution in [0.2, 0.25) is 0 Å². The summed E-state index contributed by atoms with van der Waals surface area (Å²) < 4.78 is 0. The minimum Gasteiger partial charge on any atom is -0.375 e. The monoisotopic (exact) mass is 225 g/mol. The molecule has 0 bridgehead atoms. The minimum absolute atomic E-state index is 0.384. The Bertz CT molecular complexity index is 369. The van der Waals surface area contributed by atoms with Crippen LogP contribution >= 0.6 is 11.3 Å². The number of amides is 1. The predicted molar refractivity (Wildman–Crippen MR) is 60.9 cm³/mol. The molecule has 1 aromatic heterocycles. The van der Waals surface area contributed by atoms with Gasteiger partial charge in [-0.05, 0) is 12.8 Å². The van der Waals surface area contributed by atoms with Gasteiger partial charge in [0.15, 0.2) is 5.13 Å². The highest BCUT2D eigenvalue weighted by molar-refractivity contribution is 7.17. The molecule has 1 aliphatic carbocycles. The number of primary amides is 1. The van der Waals surface area contributed by atoms with Gasteiger partial charge in [-0.3, -0.25) is 4.79 Å². The molecule has 0 saturated heterocycles. The van der Waals surface area contributed by atoms with Gasteiger partial charge in [-0.2, -0.15) is 0 Å². The number of hydrogen-bond acceptors (Lipinski definition) is 4. The first-order chi connectivity index (χ1) is 7.18. The molecule has 1 aromatic rings. The van der Waals surface area contributed by atoms with Crippen molar-refractivity contribution in [3.63, 3.8) is 0 Å². The summed E-state index contributed by atoms with van der Waals surface area (Å²) in [6, 6.07) is 0. The quantitative estimate of drug-likeness (QED) is 0.806. The Morgan fingerprint density at radius 2 is 2.00 bits per heavy atom. The van der Waals surface area contributed by atoms with E-state index >= 15 is 0 Å². The van der Waals surface area contributed by atoms with Gasteiger partial charge in [-0.1, -0.05) is 30.6 Å². The maximum absolute atomic E-state index is 11.2. The van der Waals surface area contributed by atoms with Crippen LogP contribution < -0.4 is 11.5 Å². The van der Waals surface area contributed by atoms with Crippen LogP contribution in [0.4, 0.5) is 5.13 Å². The molecule has 1 heterocycles. The SMILES string of the molecule is NC(=O)c1sc(N)nc1C1CCCCC1. The van der Waals surface area contributed by atoms with E-state index < -0.39 is 5.91 Å². The zero-order valence-corrected chi connectivity index (χ0v) is 9.35. The van der Waals surface area contributed by atoms with Crippen LogP contribution in [0.1, 0.15) is 53.4 Å². The van der Waals surface area contributed by atoms with E-state index in [0.29, 0.717) is 15.9 Å². The Balaban J connectivity index is 2.28. The number of anilines is 1. The predicted octanol–water partition coefficient (Wildman–Crippen LogP) is 1.87. The fourth-order valence-electron chi connectivity index (χ4n) is 2.18. The van der Waals surface area contributed by atoms with E-state index in [1.165, 1.54) is 30.6 Å². The van der Waals surface area contributed by atoms with Crippen LogP contribution in [0.15, 0.2) is 0 Å². The zero-order valence-electron chi connectivity index (χ0n) is 8.53. The van der Waals surface area contributed by atoms with Gasteiger partial charge in [0.2, 0.25) is 0 Å². The molecule has 1 aliphatic rings. The van der Waals surface area contributed by atoms with E-state index in [0.717, 1.165) is 18.5 Å². The van der Waals surface area contributed by atoms with Crippen molar-refractivity contribution in [3.05, 3.63) is 10.6 Å². The fourth-order valence-corrected chi connectivity index (χ4v) is 2.95. The molecule has 4 N–H and O–H groups in total. The number of aromatic nitrogens is 1. The van der Waals surface area contributed by atoms with E-state index in [9.17, 15) is 4.79 Å². The summed E-state index contributed by atoms with van der Waals surface area (Å²) in [6.07, 6.45) is 5.90. The third-order valence-corrected chi connectivity index (χ3v) is 3.80. The summed E-state index contributed by atoms with van der Waals surface area (Å²) in [5, 5.41) is 0.448. The van der Waals surface area contributed by atoms with Crippen molar-refractivity contribution in [2.75, 3.05) is 5.73 Å². The van der Waals surface area contributed by atoms with Crippen molar-refractivity contribution in [2.45, 2.75) is 38.0 Å². The Labute approximate surface area is 92.7 Å². The molecule has 0 aromatic carbocycles. The molecule has 1 fully saturated rings. The number of carbonyl (C=O) groups is 1. The van der Waals surface area contributed by atoms with Gasteiger partial charge in [0, 0.05) is 5.92 Å². The Kier molecular flexibility index (Phi) is 2.90. The van der Waals surface area contributed by atoms with Gasteiger partial charge in [0.1, 0.15) is 4.88 Å². The lowest BCUT2D eigenvalue weighted by molar-refractivity contribution is 0.100. The third kappa shape index (κ3) is 2.12. The van der Waals surface area contributed by atoms with E-state index in [4.69, 9.17) is 11.5 Å². The first-order valence-corrected chi connectivity index (χ1v) is 6.06. The summed E-state index contributed by atoms with van der Waals surface area (Å²) in [5.41, 5.74) is 11.8. The number of nitrogen functional groups attached to an aromatic ring is 1. The maximum Gasteiger partial charge on any atom is 0.260 e. The molecule has 82 valence electrons. The second-order valence-electron chi connectivity index (χ2n) is 3.97. The van der Waals surface area contributed by atoms with Crippen molar-refractivity contribution in [1.82, 2.24) is 4.98 Å². The minimum atomic E-state index is -0.398. The highest BCUT2D eigenvalue weighted by Crippen LogP contribution is 2.36. The molecule has 0 spiro atoms. The molecule has 5 heteroatoms. The summed E-state index contributed by atoms with van der Waals surface area (Å²) in [6.45, 7) is 0. The standard InChI is InChI=1S/C10H15N3OS/c11-9(14)8-7(13-10(12)15-8)6-4-2-1-3-5-6/h6H,1-5H2,(H2,11,14)(H2,12,13). The molecule has 1 amide bonds. The van der Waals surface area contributed by atoms with E-state index in [2.05, 4.69) is 4.98 Å². The normalized spacial score (nSPS) is 17.9. The van der Waals surface area contributed by atoms with Gasteiger partial charge < -0.3 is 11.5 Å². The average Bonchev–Trinajstić information content (AvgIpc) is 2.62. The topological polar surface area (TPSA) is 82.0 Å². The average molecular weight is 225 g/mol. The lowest BCUT2D eigenvalue weighted by Crippen LogP contribution is -2.15. The maximum atomic E-state index is 11.2. The van der Waals surface area contributed by atoms with Crippen molar-refractivity contribution >= 4 is 22.4 Å². The van der Waals surface area contributed by atoms with Gasteiger partial charge in [-0.25, -0.2) is 4.98 Å². The summed E-state index contributed by atoms with van der Waals surface area (Å²) in [7, 11) is 0. The number of carbonyl (C=O) groups excluding carboxylic acids is 1. The van der Waals surface area contributed by atoms with E-state index in [-0.39, 0.29) is 0 Å². The molecule has 1 saturated carbocycles. The molecule has 0 aliphatic heterocycles. The molecular weight excluding hydrogens is 210 g/mol. The van der Waals surface area contributed by atoms with Crippen molar-refractivity contribution in [1.29, 1.82) is 0 Å². The van der Waals surface area contributed by atoms with Gasteiger partial charge >= 0.3 is 0 Å². The summed E-state index contributed by atoms with van der Waals surface area (Å²) in [4.78, 5) is 16.0. The Morgan fingerprint density at radius 1 is 1.33 bits per heavy atom. The number of thiazole rings is 1. The van der Waals surface area contributed by atoms with Crippen LogP contribution in [0, 0.1) is 0 Å². The first-order valence-electron chi connectivity index (χ1n) is 5.24. The molecule has 0 radical (unpaired) electrons. The summed E-state index contributed by atoms with van der Waals surface area (Å²) in [5.74, 6) is -0.0143. The molecule has 0 unspecified atom stereocenters. The van der Waals surface area contributed by atoms with Gasteiger partial charge in [-0.15, -0.1) is 0 Å².